The van der Waals surface area contributed by atoms with Gasteiger partial charge in [-0.1, -0.05) is 47.7 Å². The third-order valence-corrected chi connectivity index (χ3v) is 5.21. The second-order valence-electron chi connectivity index (χ2n) is 7.43. The number of para-hydroxylation sites is 1. The number of rotatable bonds is 10. The van der Waals surface area contributed by atoms with Crippen LogP contribution in [0.25, 0.3) is 11.0 Å². The van der Waals surface area contributed by atoms with E-state index in [2.05, 4.69) is 15.6 Å². The highest BCUT2D eigenvalue weighted by Crippen LogP contribution is 2.25. The van der Waals surface area contributed by atoms with Crippen LogP contribution in [0.5, 0.6) is 0 Å². The highest BCUT2D eigenvalue weighted by molar-refractivity contribution is 5.89. The zero-order valence-electron chi connectivity index (χ0n) is 18.3. The van der Waals surface area contributed by atoms with Crippen molar-refractivity contribution in [3.05, 3.63) is 84.3 Å². The normalized spacial score (nSPS) is 11.9. The molecule has 2 amide bonds. The Balaban J connectivity index is 1.68. The molecular weight excluding hydrogens is 422 g/mol. The molecule has 2 aromatic carbocycles. The molecule has 0 radical (unpaired) electrons. The van der Waals surface area contributed by atoms with Gasteiger partial charge in [0.05, 0.1) is 24.9 Å². The number of aromatic nitrogens is 3. The van der Waals surface area contributed by atoms with Crippen molar-refractivity contribution in [3.63, 3.8) is 0 Å². The first-order valence-corrected chi connectivity index (χ1v) is 10.6. The number of carbonyl (C=O) groups is 2. The number of fused-ring (bicyclic) bond motifs is 1. The zero-order valence-corrected chi connectivity index (χ0v) is 18.3. The Bertz CT molecular complexity index is 1190. The molecule has 0 aliphatic carbocycles. The van der Waals surface area contributed by atoms with Gasteiger partial charge in [0.15, 0.2) is 0 Å². The molecule has 0 unspecified atom stereocenters. The van der Waals surface area contributed by atoms with Crippen LogP contribution in [-0.2, 0) is 27.4 Å². The number of carbonyl (C=O) groups excluding carboxylic acids is 2. The molecule has 2 heterocycles. The molecule has 0 saturated heterocycles. The fourth-order valence-electron chi connectivity index (χ4n) is 3.63. The summed E-state index contributed by atoms with van der Waals surface area (Å²) in [7, 11) is 1.57. The smallest absolute Gasteiger partial charge is 0.247 e. The fraction of sp³-hybridized carbons (Fsp3) is 0.250. The van der Waals surface area contributed by atoms with Gasteiger partial charge in [0.25, 0.3) is 0 Å². The SMILES string of the molecule is COCCNC(=O)[C@@H](c1ccccc1)N(Cc1ccco1)C(=O)Cn1nnc2ccccc21. The van der Waals surface area contributed by atoms with Crippen LogP contribution < -0.4 is 5.32 Å². The summed E-state index contributed by atoms with van der Waals surface area (Å²) in [6.07, 6.45) is 1.54. The number of benzene rings is 2. The molecule has 0 aliphatic rings. The van der Waals surface area contributed by atoms with Crippen LogP contribution in [0.15, 0.2) is 77.4 Å². The molecule has 0 spiro atoms. The minimum absolute atomic E-state index is 0.0735. The molecule has 9 nitrogen and oxygen atoms in total. The van der Waals surface area contributed by atoms with E-state index in [1.807, 2.05) is 54.6 Å². The first kappa shape index (κ1) is 22.2. The summed E-state index contributed by atoms with van der Waals surface area (Å²) in [4.78, 5) is 28.4. The van der Waals surface area contributed by atoms with E-state index in [-0.39, 0.29) is 24.9 Å². The van der Waals surface area contributed by atoms with Crippen molar-refractivity contribution < 1.29 is 18.7 Å². The van der Waals surface area contributed by atoms with Gasteiger partial charge >= 0.3 is 0 Å². The van der Waals surface area contributed by atoms with Crippen LogP contribution in [-0.4, -0.2) is 52.0 Å². The minimum Gasteiger partial charge on any atom is -0.467 e. The lowest BCUT2D eigenvalue weighted by molar-refractivity contribution is -0.142. The molecule has 4 rings (SSSR count). The van der Waals surface area contributed by atoms with Crippen molar-refractivity contribution >= 4 is 22.8 Å². The predicted octanol–water partition coefficient (Wildman–Crippen LogP) is 2.56. The lowest BCUT2D eigenvalue weighted by Crippen LogP contribution is -2.45. The predicted molar refractivity (Wildman–Crippen MR) is 121 cm³/mol. The van der Waals surface area contributed by atoms with Crippen molar-refractivity contribution in [2.75, 3.05) is 20.3 Å². The van der Waals surface area contributed by atoms with Gasteiger partial charge in [-0.25, -0.2) is 4.68 Å². The fourth-order valence-corrected chi connectivity index (χ4v) is 3.63. The quantitative estimate of drug-likeness (QED) is 0.375. The highest BCUT2D eigenvalue weighted by Gasteiger charge is 2.32. The molecular formula is C24H25N5O4. The van der Waals surface area contributed by atoms with Crippen molar-refractivity contribution in [2.24, 2.45) is 0 Å². The van der Waals surface area contributed by atoms with Gasteiger partial charge in [0.2, 0.25) is 11.8 Å². The average molecular weight is 447 g/mol. The van der Waals surface area contributed by atoms with Crippen LogP contribution >= 0.6 is 0 Å². The lowest BCUT2D eigenvalue weighted by Gasteiger charge is -2.31. The topological polar surface area (TPSA) is 102 Å². The molecule has 0 fully saturated rings. The molecule has 9 heteroatoms. The zero-order chi connectivity index (χ0) is 23.0. The van der Waals surface area contributed by atoms with Gasteiger partial charge in [-0.3, -0.25) is 9.59 Å². The van der Waals surface area contributed by atoms with Crippen LogP contribution in [0.4, 0.5) is 0 Å². The Labute approximate surface area is 190 Å². The number of nitrogens with one attached hydrogen (secondary N) is 1. The van der Waals surface area contributed by atoms with E-state index in [9.17, 15) is 9.59 Å². The van der Waals surface area contributed by atoms with Crippen LogP contribution in [0.2, 0.25) is 0 Å². The molecule has 0 bridgehead atoms. The molecule has 33 heavy (non-hydrogen) atoms. The number of nitrogens with zero attached hydrogens (tertiary/aromatic N) is 4. The van der Waals surface area contributed by atoms with Gasteiger partial charge in [-0.2, -0.15) is 0 Å². The summed E-state index contributed by atoms with van der Waals surface area (Å²) in [6.45, 7) is 0.741. The Morgan fingerprint density at radius 2 is 1.88 bits per heavy atom. The molecule has 4 aromatic rings. The minimum atomic E-state index is -0.865. The highest BCUT2D eigenvalue weighted by atomic mass is 16.5. The molecule has 1 atom stereocenters. The number of hydrogen-bond donors (Lipinski definition) is 1. The number of ether oxygens (including phenoxy) is 1. The summed E-state index contributed by atoms with van der Waals surface area (Å²) in [5.74, 6) is -0.0307. The maximum Gasteiger partial charge on any atom is 0.247 e. The Morgan fingerprint density at radius 1 is 1.09 bits per heavy atom. The molecule has 170 valence electrons. The van der Waals surface area contributed by atoms with Gasteiger partial charge in [0, 0.05) is 13.7 Å². The van der Waals surface area contributed by atoms with Crippen molar-refractivity contribution in [1.29, 1.82) is 0 Å². The summed E-state index contributed by atoms with van der Waals surface area (Å²) < 4.78 is 12.1. The van der Waals surface area contributed by atoms with Crippen molar-refractivity contribution in [2.45, 2.75) is 19.1 Å². The first-order chi connectivity index (χ1) is 16.2. The second-order valence-corrected chi connectivity index (χ2v) is 7.43. The van der Waals surface area contributed by atoms with E-state index in [0.717, 1.165) is 5.52 Å². The maximum atomic E-state index is 13.6. The molecule has 1 N–H and O–H groups in total. The Morgan fingerprint density at radius 3 is 2.64 bits per heavy atom. The largest absolute Gasteiger partial charge is 0.467 e. The third-order valence-electron chi connectivity index (χ3n) is 5.21. The van der Waals surface area contributed by atoms with Crippen LogP contribution in [0, 0.1) is 0 Å². The van der Waals surface area contributed by atoms with E-state index in [4.69, 9.17) is 9.15 Å². The first-order valence-electron chi connectivity index (χ1n) is 10.6. The number of hydrogen-bond acceptors (Lipinski definition) is 6. The summed E-state index contributed by atoms with van der Waals surface area (Å²) >= 11 is 0. The Kier molecular flexibility index (Phi) is 7.11. The Hall–Kier alpha value is -3.98. The molecule has 0 saturated carbocycles. The van der Waals surface area contributed by atoms with E-state index >= 15 is 0 Å². The number of methoxy groups -OCH3 is 1. The van der Waals surface area contributed by atoms with E-state index < -0.39 is 6.04 Å². The monoisotopic (exact) mass is 447 g/mol. The van der Waals surface area contributed by atoms with Crippen molar-refractivity contribution in [3.8, 4) is 0 Å². The standard InChI is InChI=1S/C24H25N5O4/c1-32-15-13-25-24(31)23(18-8-3-2-4-9-18)28(16-19-10-7-14-33-19)22(30)17-29-21-12-6-5-11-20(21)26-27-29/h2-12,14,23H,13,15-17H2,1H3,(H,25,31)/t23-/m1/s1. The van der Waals surface area contributed by atoms with Crippen LogP contribution in [0.1, 0.15) is 17.4 Å². The van der Waals surface area contributed by atoms with E-state index in [1.165, 1.54) is 9.58 Å². The summed E-state index contributed by atoms with van der Waals surface area (Å²) in [6, 6.07) is 19.3. The number of furan rings is 1. The maximum absolute atomic E-state index is 13.6. The van der Waals surface area contributed by atoms with Gasteiger partial charge < -0.3 is 19.4 Å². The van der Waals surface area contributed by atoms with Gasteiger partial charge in [-0.05, 0) is 29.8 Å². The average Bonchev–Trinajstić information content (AvgIpc) is 3.50. The number of amides is 2. The van der Waals surface area contributed by atoms with Gasteiger partial charge in [0.1, 0.15) is 23.9 Å². The van der Waals surface area contributed by atoms with Crippen LogP contribution in [0.3, 0.4) is 0 Å². The lowest BCUT2D eigenvalue weighted by atomic mass is 10.0. The van der Waals surface area contributed by atoms with Gasteiger partial charge in [-0.15, -0.1) is 5.10 Å². The molecule has 2 aromatic heterocycles. The molecule has 0 aliphatic heterocycles. The summed E-state index contributed by atoms with van der Waals surface area (Å²) in [5.41, 5.74) is 2.13. The third kappa shape index (κ3) is 5.27. The van der Waals surface area contributed by atoms with E-state index in [0.29, 0.717) is 30.0 Å². The second kappa shape index (κ2) is 10.6. The summed E-state index contributed by atoms with van der Waals surface area (Å²) in [5, 5.41) is 11.1. The van der Waals surface area contributed by atoms with E-state index in [1.54, 1.807) is 25.5 Å². The van der Waals surface area contributed by atoms with Crippen molar-refractivity contribution in [1.82, 2.24) is 25.2 Å².